The summed E-state index contributed by atoms with van der Waals surface area (Å²) in [6.07, 6.45) is 5.45. The SMILES string of the molecule is c1cc2cc3[nH]ccc3nc2cn1. The molecule has 0 amide bonds. The molecule has 1 N–H and O–H groups in total. The van der Waals surface area contributed by atoms with E-state index in [0.717, 1.165) is 21.9 Å². The van der Waals surface area contributed by atoms with Gasteiger partial charge in [-0.15, -0.1) is 0 Å². The molecule has 13 heavy (non-hydrogen) atoms. The fourth-order valence-electron chi connectivity index (χ4n) is 1.48. The van der Waals surface area contributed by atoms with Gasteiger partial charge in [0.15, 0.2) is 0 Å². The summed E-state index contributed by atoms with van der Waals surface area (Å²) >= 11 is 0. The molecular weight excluding hydrogens is 162 g/mol. The number of pyridine rings is 2. The van der Waals surface area contributed by atoms with E-state index in [1.165, 1.54) is 0 Å². The fraction of sp³-hybridized carbons (Fsp3) is 0. The van der Waals surface area contributed by atoms with E-state index in [1.807, 2.05) is 18.3 Å². The Labute approximate surface area is 74.4 Å². The quantitative estimate of drug-likeness (QED) is 0.560. The van der Waals surface area contributed by atoms with Crippen LogP contribution in [0.2, 0.25) is 0 Å². The Kier molecular flexibility index (Phi) is 1.16. The van der Waals surface area contributed by atoms with Gasteiger partial charge in [-0.3, -0.25) is 4.98 Å². The van der Waals surface area contributed by atoms with Crippen LogP contribution < -0.4 is 0 Å². The van der Waals surface area contributed by atoms with Gasteiger partial charge in [-0.2, -0.15) is 0 Å². The van der Waals surface area contributed by atoms with E-state index < -0.39 is 0 Å². The van der Waals surface area contributed by atoms with E-state index >= 15 is 0 Å². The van der Waals surface area contributed by atoms with Gasteiger partial charge in [0.2, 0.25) is 0 Å². The minimum absolute atomic E-state index is 0.939. The summed E-state index contributed by atoms with van der Waals surface area (Å²) in [6.45, 7) is 0. The molecule has 0 saturated heterocycles. The van der Waals surface area contributed by atoms with Crippen molar-refractivity contribution in [2.45, 2.75) is 0 Å². The summed E-state index contributed by atoms with van der Waals surface area (Å²) in [6, 6.07) is 6.00. The molecule has 0 radical (unpaired) electrons. The lowest BCUT2D eigenvalue weighted by molar-refractivity contribution is 1.33. The monoisotopic (exact) mass is 169 g/mol. The third-order valence-corrected chi connectivity index (χ3v) is 2.13. The first-order valence-corrected chi connectivity index (χ1v) is 4.11. The van der Waals surface area contributed by atoms with Gasteiger partial charge in [0.05, 0.1) is 22.7 Å². The van der Waals surface area contributed by atoms with E-state index in [1.54, 1.807) is 12.4 Å². The Bertz CT molecular complexity index is 519. The number of fused-ring (bicyclic) bond motifs is 2. The first-order chi connectivity index (χ1) is 6.43. The van der Waals surface area contributed by atoms with Crippen molar-refractivity contribution in [3.8, 4) is 0 Å². The summed E-state index contributed by atoms with van der Waals surface area (Å²) in [7, 11) is 0. The van der Waals surface area contributed by atoms with Crippen LogP contribution in [-0.4, -0.2) is 15.0 Å². The predicted molar refractivity (Wildman–Crippen MR) is 51.4 cm³/mol. The summed E-state index contributed by atoms with van der Waals surface area (Å²) in [5, 5.41) is 1.12. The number of rotatable bonds is 0. The molecule has 0 aliphatic carbocycles. The molecule has 0 aliphatic heterocycles. The van der Waals surface area contributed by atoms with Gasteiger partial charge in [-0.1, -0.05) is 0 Å². The molecule has 0 unspecified atom stereocenters. The minimum Gasteiger partial charge on any atom is -0.360 e. The van der Waals surface area contributed by atoms with E-state index in [9.17, 15) is 0 Å². The van der Waals surface area contributed by atoms with Crippen molar-refractivity contribution in [1.82, 2.24) is 15.0 Å². The lowest BCUT2D eigenvalue weighted by Gasteiger charge is -1.95. The van der Waals surface area contributed by atoms with Crippen molar-refractivity contribution in [2.24, 2.45) is 0 Å². The Morgan fingerprint density at radius 1 is 1.15 bits per heavy atom. The molecule has 3 heteroatoms. The molecule has 0 bridgehead atoms. The number of hydrogen-bond donors (Lipinski definition) is 1. The van der Waals surface area contributed by atoms with Crippen molar-refractivity contribution in [3.05, 3.63) is 36.8 Å². The zero-order valence-electron chi connectivity index (χ0n) is 6.86. The maximum absolute atomic E-state index is 4.44. The van der Waals surface area contributed by atoms with Gasteiger partial charge in [-0.05, 0) is 18.2 Å². The first-order valence-electron chi connectivity index (χ1n) is 4.11. The number of hydrogen-bond acceptors (Lipinski definition) is 2. The second kappa shape index (κ2) is 2.29. The van der Waals surface area contributed by atoms with Crippen LogP contribution in [0, 0.1) is 0 Å². The molecule has 0 saturated carbocycles. The van der Waals surface area contributed by atoms with Crippen molar-refractivity contribution < 1.29 is 0 Å². The minimum atomic E-state index is 0.939. The Hall–Kier alpha value is -1.90. The Morgan fingerprint density at radius 3 is 3.15 bits per heavy atom. The molecule has 0 aliphatic rings. The van der Waals surface area contributed by atoms with Gasteiger partial charge in [0.1, 0.15) is 0 Å². The van der Waals surface area contributed by atoms with Crippen LogP contribution in [-0.2, 0) is 0 Å². The van der Waals surface area contributed by atoms with E-state index in [2.05, 4.69) is 21.0 Å². The van der Waals surface area contributed by atoms with Crippen molar-refractivity contribution >= 4 is 21.9 Å². The molecule has 3 rings (SSSR count). The summed E-state index contributed by atoms with van der Waals surface area (Å²) in [5.74, 6) is 0. The number of H-pyrrole nitrogens is 1. The van der Waals surface area contributed by atoms with Gasteiger partial charge in [0.25, 0.3) is 0 Å². The summed E-state index contributed by atoms with van der Waals surface area (Å²) < 4.78 is 0. The highest BCUT2D eigenvalue weighted by molar-refractivity contribution is 5.90. The highest BCUT2D eigenvalue weighted by atomic mass is 14.8. The highest BCUT2D eigenvalue weighted by Gasteiger charge is 1.98. The van der Waals surface area contributed by atoms with E-state index in [0.29, 0.717) is 0 Å². The molecule has 3 aromatic rings. The smallest absolute Gasteiger partial charge is 0.0894 e. The summed E-state index contributed by atoms with van der Waals surface area (Å²) in [4.78, 5) is 11.6. The van der Waals surface area contributed by atoms with Crippen molar-refractivity contribution in [3.63, 3.8) is 0 Å². The molecule has 0 fully saturated rings. The predicted octanol–water partition coefficient (Wildman–Crippen LogP) is 2.11. The van der Waals surface area contributed by atoms with Crippen molar-refractivity contribution in [1.29, 1.82) is 0 Å². The number of nitrogens with zero attached hydrogens (tertiary/aromatic N) is 2. The maximum Gasteiger partial charge on any atom is 0.0894 e. The molecule has 3 nitrogen and oxygen atoms in total. The number of nitrogens with one attached hydrogen (secondary N) is 1. The lowest BCUT2D eigenvalue weighted by atomic mass is 10.2. The second-order valence-electron chi connectivity index (χ2n) is 2.97. The topological polar surface area (TPSA) is 41.6 Å². The van der Waals surface area contributed by atoms with Crippen LogP contribution in [0.15, 0.2) is 36.8 Å². The molecular formula is C10H7N3. The van der Waals surface area contributed by atoms with Crippen molar-refractivity contribution in [2.75, 3.05) is 0 Å². The summed E-state index contributed by atoms with van der Waals surface area (Å²) in [5.41, 5.74) is 2.99. The average Bonchev–Trinajstić information content (AvgIpc) is 2.61. The molecule has 3 aromatic heterocycles. The maximum atomic E-state index is 4.44. The molecule has 0 aromatic carbocycles. The fourth-order valence-corrected chi connectivity index (χ4v) is 1.48. The Balaban J connectivity index is 2.57. The van der Waals surface area contributed by atoms with Crippen LogP contribution >= 0.6 is 0 Å². The Morgan fingerprint density at radius 2 is 2.15 bits per heavy atom. The van der Waals surface area contributed by atoms with E-state index in [-0.39, 0.29) is 0 Å². The van der Waals surface area contributed by atoms with Gasteiger partial charge in [0, 0.05) is 17.8 Å². The molecule has 0 spiro atoms. The third-order valence-electron chi connectivity index (χ3n) is 2.13. The molecule has 62 valence electrons. The normalized spacial score (nSPS) is 11.1. The zero-order chi connectivity index (χ0) is 8.67. The van der Waals surface area contributed by atoms with Gasteiger partial charge >= 0.3 is 0 Å². The van der Waals surface area contributed by atoms with Crippen LogP contribution in [0.4, 0.5) is 0 Å². The number of aromatic nitrogens is 3. The number of aromatic amines is 1. The first kappa shape index (κ1) is 6.60. The second-order valence-corrected chi connectivity index (χ2v) is 2.97. The van der Waals surface area contributed by atoms with Gasteiger partial charge in [-0.25, -0.2) is 4.98 Å². The standard InChI is InChI=1S/C10H7N3/c1-3-11-6-10-7(1)5-9-8(13-10)2-4-12-9/h1-6,12H. The average molecular weight is 169 g/mol. The van der Waals surface area contributed by atoms with Crippen LogP contribution in [0.25, 0.3) is 21.9 Å². The highest BCUT2D eigenvalue weighted by Crippen LogP contribution is 2.16. The van der Waals surface area contributed by atoms with Crippen LogP contribution in [0.5, 0.6) is 0 Å². The lowest BCUT2D eigenvalue weighted by Crippen LogP contribution is -1.80. The third kappa shape index (κ3) is 0.902. The molecule has 3 heterocycles. The zero-order valence-corrected chi connectivity index (χ0v) is 6.86. The van der Waals surface area contributed by atoms with E-state index in [4.69, 9.17) is 0 Å². The molecule has 0 atom stereocenters. The van der Waals surface area contributed by atoms with Crippen LogP contribution in [0.3, 0.4) is 0 Å². The van der Waals surface area contributed by atoms with Crippen LogP contribution in [0.1, 0.15) is 0 Å². The largest absolute Gasteiger partial charge is 0.360 e. The van der Waals surface area contributed by atoms with Gasteiger partial charge < -0.3 is 4.98 Å².